The average molecular weight is 271 g/mol. The van der Waals surface area contributed by atoms with Gasteiger partial charge in [0.25, 0.3) is 0 Å². The number of rotatable bonds is 13. The quantitative estimate of drug-likeness (QED) is 0.511. The predicted molar refractivity (Wildman–Crippen MR) is 81.5 cm³/mol. The van der Waals surface area contributed by atoms with Crippen LogP contribution < -0.4 is 0 Å². The zero-order valence-electron chi connectivity index (χ0n) is 13.2. The third-order valence-corrected chi connectivity index (χ3v) is 3.31. The topological polar surface area (TPSA) is 40.5 Å². The Bertz CT molecular complexity index is 217. The molecule has 0 aromatic carbocycles. The largest absolute Gasteiger partial charge is 0.480 e. The number of aliphatic carboxylic acids is 1. The summed E-state index contributed by atoms with van der Waals surface area (Å²) in [7, 11) is 0. The second-order valence-corrected chi connectivity index (χ2v) is 6.00. The lowest BCUT2D eigenvalue weighted by Crippen LogP contribution is -2.33. The Balaban J connectivity index is 3.54. The molecule has 0 aromatic heterocycles. The molecule has 0 spiro atoms. The van der Waals surface area contributed by atoms with E-state index >= 15 is 0 Å². The van der Waals surface area contributed by atoms with Gasteiger partial charge >= 0.3 is 5.97 Å². The first-order valence-electron chi connectivity index (χ1n) is 8.00. The van der Waals surface area contributed by atoms with E-state index in [1.54, 1.807) is 0 Å². The first kappa shape index (κ1) is 18.4. The number of carboxylic acid groups (broad SMARTS) is 1. The molecule has 0 aliphatic heterocycles. The van der Waals surface area contributed by atoms with Crippen molar-refractivity contribution >= 4 is 5.97 Å². The molecule has 0 atom stereocenters. The van der Waals surface area contributed by atoms with Crippen LogP contribution in [-0.2, 0) is 4.79 Å². The number of carbonyl (C=O) groups is 1. The lowest BCUT2D eigenvalue weighted by atomic mass is 10.1. The molecule has 3 nitrogen and oxygen atoms in total. The Morgan fingerprint density at radius 2 is 1.53 bits per heavy atom. The average Bonchev–Trinajstić information content (AvgIpc) is 2.30. The van der Waals surface area contributed by atoms with E-state index in [1.807, 2.05) is 0 Å². The Labute approximate surface area is 119 Å². The minimum Gasteiger partial charge on any atom is -0.480 e. The Kier molecular flexibility index (Phi) is 12.1. The summed E-state index contributed by atoms with van der Waals surface area (Å²) in [5.41, 5.74) is 0. The van der Waals surface area contributed by atoms with E-state index in [0.717, 1.165) is 19.5 Å². The molecule has 1 N–H and O–H groups in total. The highest BCUT2D eigenvalue weighted by Crippen LogP contribution is 2.09. The molecular weight excluding hydrogens is 238 g/mol. The first-order valence-corrected chi connectivity index (χ1v) is 8.00. The number of carboxylic acids is 1. The van der Waals surface area contributed by atoms with Crippen LogP contribution in [0.3, 0.4) is 0 Å². The monoisotopic (exact) mass is 271 g/mol. The summed E-state index contributed by atoms with van der Waals surface area (Å²) < 4.78 is 0. The fourth-order valence-electron chi connectivity index (χ4n) is 2.41. The summed E-state index contributed by atoms with van der Waals surface area (Å²) in [5.74, 6) is -0.173. The van der Waals surface area contributed by atoms with Crippen molar-refractivity contribution in [3.8, 4) is 0 Å². The fraction of sp³-hybridized carbons (Fsp3) is 0.938. The van der Waals surface area contributed by atoms with Gasteiger partial charge in [-0.3, -0.25) is 9.69 Å². The van der Waals surface area contributed by atoms with Crippen molar-refractivity contribution in [2.24, 2.45) is 5.92 Å². The van der Waals surface area contributed by atoms with Gasteiger partial charge in [0.1, 0.15) is 0 Å². The van der Waals surface area contributed by atoms with Crippen molar-refractivity contribution in [1.82, 2.24) is 4.90 Å². The third-order valence-electron chi connectivity index (χ3n) is 3.31. The molecule has 0 bridgehead atoms. The molecular formula is C16H33NO2. The molecule has 3 heteroatoms. The lowest BCUT2D eigenvalue weighted by molar-refractivity contribution is -0.138. The molecule has 0 aliphatic rings. The van der Waals surface area contributed by atoms with E-state index in [9.17, 15) is 4.79 Å². The van der Waals surface area contributed by atoms with Gasteiger partial charge in [-0.25, -0.2) is 0 Å². The molecule has 114 valence electrons. The van der Waals surface area contributed by atoms with Crippen LogP contribution in [0.1, 0.15) is 72.1 Å². The van der Waals surface area contributed by atoms with Crippen molar-refractivity contribution in [2.45, 2.75) is 72.1 Å². The van der Waals surface area contributed by atoms with Crippen molar-refractivity contribution in [3.05, 3.63) is 0 Å². The van der Waals surface area contributed by atoms with Crippen LogP contribution in [0.2, 0.25) is 0 Å². The maximum absolute atomic E-state index is 10.8. The highest BCUT2D eigenvalue weighted by molar-refractivity contribution is 5.69. The Hall–Kier alpha value is -0.570. The van der Waals surface area contributed by atoms with Gasteiger partial charge in [-0.05, 0) is 18.9 Å². The molecule has 0 aliphatic carbocycles. The van der Waals surface area contributed by atoms with E-state index in [2.05, 4.69) is 25.7 Å². The van der Waals surface area contributed by atoms with Crippen LogP contribution >= 0.6 is 0 Å². The highest BCUT2D eigenvalue weighted by Gasteiger charge is 2.10. The van der Waals surface area contributed by atoms with Crippen LogP contribution in [0, 0.1) is 5.92 Å². The summed E-state index contributed by atoms with van der Waals surface area (Å²) >= 11 is 0. The summed E-state index contributed by atoms with van der Waals surface area (Å²) in [4.78, 5) is 12.9. The van der Waals surface area contributed by atoms with Gasteiger partial charge in [-0.15, -0.1) is 0 Å². The van der Waals surface area contributed by atoms with Gasteiger partial charge in [-0.1, -0.05) is 65.7 Å². The van der Waals surface area contributed by atoms with E-state index in [1.165, 1.54) is 44.9 Å². The van der Waals surface area contributed by atoms with Crippen LogP contribution in [0.25, 0.3) is 0 Å². The van der Waals surface area contributed by atoms with Gasteiger partial charge in [0.05, 0.1) is 6.54 Å². The first-order chi connectivity index (χ1) is 9.06. The number of hydrogen-bond donors (Lipinski definition) is 1. The number of unbranched alkanes of at least 4 members (excludes halogenated alkanes) is 7. The second-order valence-electron chi connectivity index (χ2n) is 6.00. The molecule has 0 radical (unpaired) electrons. The normalized spacial score (nSPS) is 11.4. The number of nitrogens with zero attached hydrogens (tertiary/aromatic N) is 1. The van der Waals surface area contributed by atoms with E-state index < -0.39 is 5.97 Å². The molecule has 19 heavy (non-hydrogen) atoms. The van der Waals surface area contributed by atoms with Crippen LogP contribution in [0.4, 0.5) is 0 Å². The zero-order chi connectivity index (χ0) is 14.5. The molecule has 0 saturated carbocycles. The van der Waals surface area contributed by atoms with E-state index in [4.69, 9.17) is 5.11 Å². The van der Waals surface area contributed by atoms with E-state index in [0.29, 0.717) is 5.92 Å². The van der Waals surface area contributed by atoms with Crippen molar-refractivity contribution < 1.29 is 9.90 Å². The highest BCUT2D eigenvalue weighted by atomic mass is 16.4. The fourth-order valence-corrected chi connectivity index (χ4v) is 2.41. The maximum atomic E-state index is 10.8. The minimum atomic E-state index is -0.708. The predicted octanol–water partition coefficient (Wildman–Crippen LogP) is 4.17. The molecule has 0 heterocycles. The molecule has 0 amide bonds. The standard InChI is InChI=1S/C16H33NO2/c1-4-5-6-7-8-9-10-11-12-17(13-15(2)3)14-16(18)19/h15H,4-14H2,1-3H3,(H,18,19). The maximum Gasteiger partial charge on any atom is 0.317 e. The van der Waals surface area contributed by atoms with Gasteiger partial charge in [0.2, 0.25) is 0 Å². The summed E-state index contributed by atoms with van der Waals surface area (Å²) in [5, 5.41) is 8.88. The lowest BCUT2D eigenvalue weighted by Gasteiger charge is -2.22. The van der Waals surface area contributed by atoms with Crippen LogP contribution in [0.15, 0.2) is 0 Å². The second kappa shape index (κ2) is 12.5. The van der Waals surface area contributed by atoms with Crippen LogP contribution in [0.5, 0.6) is 0 Å². The number of hydrogen-bond acceptors (Lipinski definition) is 2. The van der Waals surface area contributed by atoms with Crippen molar-refractivity contribution in [1.29, 1.82) is 0 Å². The minimum absolute atomic E-state index is 0.189. The van der Waals surface area contributed by atoms with E-state index in [-0.39, 0.29) is 6.54 Å². The molecule has 0 aromatic rings. The summed E-state index contributed by atoms with van der Waals surface area (Å²) in [6, 6.07) is 0. The van der Waals surface area contributed by atoms with Crippen molar-refractivity contribution in [3.63, 3.8) is 0 Å². The van der Waals surface area contributed by atoms with Gasteiger partial charge in [0, 0.05) is 6.54 Å². The molecule has 0 unspecified atom stereocenters. The smallest absolute Gasteiger partial charge is 0.317 e. The van der Waals surface area contributed by atoms with Gasteiger partial charge < -0.3 is 5.11 Å². The molecule has 0 saturated heterocycles. The summed E-state index contributed by atoms with van der Waals surface area (Å²) in [6.07, 6.45) is 10.4. The zero-order valence-corrected chi connectivity index (χ0v) is 13.2. The third kappa shape index (κ3) is 13.7. The SMILES string of the molecule is CCCCCCCCCCN(CC(=O)O)CC(C)C. The van der Waals surface area contributed by atoms with Crippen LogP contribution in [-0.4, -0.2) is 35.6 Å². The summed E-state index contributed by atoms with van der Waals surface area (Å²) in [6.45, 7) is 8.54. The van der Waals surface area contributed by atoms with Gasteiger partial charge in [-0.2, -0.15) is 0 Å². The Morgan fingerprint density at radius 3 is 2.00 bits per heavy atom. The molecule has 0 fully saturated rings. The Morgan fingerprint density at radius 1 is 1.00 bits per heavy atom. The van der Waals surface area contributed by atoms with Crippen molar-refractivity contribution in [2.75, 3.05) is 19.6 Å². The molecule has 0 rings (SSSR count). The van der Waals surface area contributed by atoms with Gasteiger partial charge in [0.15, 0.2) is 0 Å².